The van der Waals surface area contributed by atoms with Gasteiger partial charge in [0.15, 0.2) is 23.1 Å². The van der Waals surface area contributed by atoms with E-state index in [1.54, 1.807) is 6.07 Å². The molecule has 27 heavy (non-hydrogen) atoms. The summed E-state index contributed by atoms with van der Waals surface area (Å²) in [5.74, 6) is -2.49. The summed E-state index contributed by atoms with van der Waals surface area (Å²) in [6, 6.07) is 6.35. The van der Waals surface area contributed by atoms with Gasteiger partial charge in [0.2, 0.25) is 5.91 Å². The zero-order chi connectivity index (χ0) is 20.0. The third-order valence-corrected chi connectivity index (χ3v) is 3.79. The normalized spacial score (nSPS) is 11.4. The van der Waals surface area contributed by atoms with E-state index in [1.807, 2.05) is 6.92 Å². The highest BCUT2D eigenvalue weighted by atomic mass is 19.2. The number of hydrogen-bond donors (Lipinski definition) is 2. The van der Waals surface area contributed by atoms with Crippen LogP contribution in [-0.2, 0) is 4.79 Å². The Labute approximate surface area is 155 Å². The molecule has 0 aliphatic heterocycles. The summed E-state index contributed by atoms with van der Waals surface area (Å²) in [7, 11) is 2.81. The number of hydrogen-bond acceptors (Lipinski definition) is 4. The number of likely N-dealkylation sites (N-methyl/N-ethyl adjacent to an activating group) is 1. The van der Waals surface area contributed by atoms with Crippen LogP contribution in [-0.4, -0.2) is 32.6 Å². The maximum Gasteiger partial charge on any atom is 0.252 e. The molecule has 0 aliphatic carbocycles. The van der Waals surface area contributed by atoms with Gasteiger partial charge in [-0.25, -0.2) is 8.78 Å². The molecule has 6 nitrogen and oxygen atoms in total. The van der Waals surface area contributed by atoms with Crippen molar-refractivity contribution in [3.05, 3.63) is 59.2 Å². The number of halogens is 2. The molecule has 2 aromatic carbocycles. The summed E-state index contributed by atoms with van der Waals surface area (Å²) in [6.45, 7) is 2.24. The molecule has 2 rings (SSSR count). The molecule has 2 amide bonds. The van der Waals surface area contributed by atoms with E-state index in [0.29, 0.717) is 18.1 Å². The fourth-order valence-corrected chi connectivity index (χ4v) is 2.43. The van der Waals surface area contributed by atoms with Crippen molar-refractivity contribution in [1.82, 2.24) is 10.6 Å². The fourth-order valence-electron chi connectivity index (χ4n) is 2.43. The highest BCUT2D eigenvalue weighted by Gasteiger charge is 2.24. The van der Waals surface area contributed by atoms with Crippen molar-refractivity contribution in [3.63, 3.8) is 0 Å². The first-order valence-electron chi connectivity index (χ1n) is 8.19. The minimum absolute atomic E-state index is 0.111. The van der Waals surface area contributed by atoms with Crippen LogP contribution in [0.4, 0.5) is 8.78 Å². The second kappa shape index (κ2) is 8.98. The number of amides is 2. The summed E-state index contributed by atoms with van der Waals surface area (Å²) >= 11 is 0. The van der Waals surface area contributed by atoms with Gasteiger partial charge < -0.3 is 20.1 Å². The predicted octanol–water partition coefficient (Wildman–Crippen LogP) is 2.59. The van der Waals surface area contributed by atoms with Gasteiger partial charge in [0.1, 0.15) is 6.04 Å². The van der Waals surface area contributed by atoms with Crippen molar-refractivity contribution in [2.75, 3.05) is 20.8 Å². The number of carbonyl (C=O) groups excluding carboxylic acids is 2. The van der Waals surface area contributed by atoms with Crippen molar-refractivity contribution in [3.8, 4) is 11.5 Å². The third-order valence-electron chi connectivity index (χ3n) is 3.79. The van der Waals surface area contributed by atoms with Crippen LogP contribution in [0.25, 0.3) is 0 Å². The second-order valence-corrected chi connectivity index (χ2v) is 5.49. The van der Waals surface area contributed by atoms with Crippen molar-refractivity contribution in [2.24, 2.45) is 0 Å². The van der Waals surface area contributed by atoms with Gasteiger partial charge in [0.05, 0.1) is 13.7 Å². The monoisotopic (exact) mass is 378 g/mol. The molecule has 2 N–H and O–H groups in total. The highest BCUT2D eigenvalue weighted by Crippen LogP contribution is 2.28. The largest absolute Gasteiger partial charge is 0.493 e. The molecule has 0 saturated carbocycles. The molecule has 0 fully saturated rings. The molecule has 0 spiro atoms. The van der Waals surface area contributed by atoms with E-state index in [-0.39, 0.29) is 11.1 Å². The maximum absolute atomic E-state index is 13.5. The number of rotatable bonds is 7. The van der Waals surface area contributed by atoms with Gasteiger partial charge in [-0.05, 0) is 42.8 Å². The molecule has 1 unspecified atom stereocenters. The second-order valence-electron chi connectivity index (χ2n) is 5.49. The van der Waals surface area contributed by atoms with E-state index in [9.17, 15) is 18.4 Å². The molecule has 0 saturated heterocycles. The molecule has 2 aromatic rings. The molecule has 144 valence electrons. The topological polar surface area (TPSA) is 76.7 Å². The molecule has 0 radical (unpaired) electrons. The van der Waals surface area contributed by atoms with E-state index in [4.69, 9.17) is 9.47 Å². The zero-order valence-electron chi connectivity index (χ0n) is 15.1. The first kappa shape index (κ1) is 20.2. The van der Waals surface area contributed by atoms with Crippen LogP contribution in [0.5, 0.6) is 11.5 Å². The van der Waals surface area contributed by atoms with Gasteiger partial charge in [0.25, 0.3) is 5.91 Å². The predicted molar refractivity (Wildman–Crippen MR) is 94.8 cm³/mol. The van der Waals surface area contributed by atoms with Crippen LogP contribution < -0.4 is 20.1 Å². The van der Waals surface area contributed by atoms with Crippen LogP contribution in [0.15, 0.2) is 36.4 Å². The van der Waals surface area contributed by atoms with Gasteiger partial charge >= 0.3 is 0 Å². The number of ether oxygens (including phenoxy) is 2. The molecule has 0 aliphatic rings. The Balaban J connectivity index is 2.30. The lowest BCUT2D eigenvalue weighted by atomic mass is 10.0. The van der Waals surface area contributed by atoms with Crippen LogP contribution >= 0.6 is 0 Å². The average Bonchev–Trinajstić information content (AvgIpc) is 2.68. The Morgan fingerprint density at radius 1 is 1.07 bits per heavy atom. The Hall–Kier alpha value is -3.16. The van der Waals surface area contributed by atoms with Crippen LogP contribution in [0.2, 0.25) is 0 Å². The first-order chi connectivity index (χ1) is 12.9. The lowest BCUT2D eigenvalue weighted by molar-refractivity contribution is -0.122. The van der Waals surface area contributed by atoms with Crippen LogP contribution in [0.1, 0.15) is 28.9 Å². The van der Waals surface area contributed by atoms with Crippen LogP contribution in [0.3, 0.4) is 0 Å². The summed E-state index contributed by atoms with van der Waals surface area (Å²) in [5, 5.41) is 4.90. The maximum atomic E-state index is 13.5. The summed E-state index contributed by atoms with van der Waals surface area (Å²) in [6.07, 6.45) is 0. The smallest absolute Gasteiger partial charge is 0.252 e. The minimum Gasteiger partial charge on any atom is -0.493 e. The van der Waals surface area contributed by atoms with E-state index in [0.717, 1.165) is 12.1 Å². The van der Waals surface area contributed by atoms with Gasteiger partial charge in [-0.3, -0.25) is 9.59 Å². The lowest BCUT2D eigenvalue weighted by Gasteiger charge is -2.18. The Kier molecular flexibility index (Phi) is 6.70. The quantitative estimate of drug-likeness (QED) is 0.777. The molecule has 0 aromatic heterocycles. The fraction of sp³-hybridized carbons (Fsp3) is 0.263. The van der Waals surface area contributed by atoms with Gasteiger partial charge in [0, 0.05) is 12.6 Å². The summed E-state index contributed by atoms with van der Waals surface area (Å²) in [4.78, 5) is 24.7. The van der Waals surface area contributed by atoms with Crippen molar-refractivity contribution in [1.29, 1.82) is 0 Å². The third kappa shape index (κ3) is 4.72. The van der Waals surface area contributed by atoms with Crippen molar-refractivity contribution >= 4 is 11.8 Å². The van der Waals surface area contributed by atoms with Crippen molar-refractivity contribution < 1.29 is 27.8 Å². The average molecular weight is 378 g/mol. The van der Waals surface area contributed by atoms with Crippen LogP contribution in [0, 0.1) is 11.6 Å². The first-order valence-corrected chi connectivity index (χ1v) is 8.19. The zero-order valence-corrected chi connectivity index (χ0v) is 15.1. The van der Waals surface area contributed by atoms with E-state index >= 15 is 0 Å². The Bertz CT molecular complexity index is 842. The van der Waals surface area contributed by atoms with E-state index in [1.165, 1.54) is 32.4 Å². The number of nitrogens with one attached hydrogen (secondary N) is 2. The summed E-state index contributed by atoms with van der Waals surface area (Å²) in [5.41, 5.74) is 0.325. The van der Waals surface area contributed by atoms with E-state index in [2.05, 4.69) is 10.6 Å². The SMILES string of the molecule is CCOc1ccc(C(=O)NC(C(=O)NC)c2ccc(F)c(F)c2)cc1OC. The molecular weight excluding hydrogens is 358 g/mol. The standard InChI is InChI=1S/C19H20F2N2O4/c1-4-27-15-8-6-12(10-16(15)26-3)18(24)23-17(19(25)22-2)11-5-7-13(20)14(21)9-11/h5-10,17H,4H2,1-3H3,(H,22,25)(H,23,24). The van der Waals surface area contributed by atoms with Gasteiger partial charge in [-0.15, -0.1) is 0 Å². The minimum atomic E-state index is -1.20. The number of methoxy groups -OCH3 is 1. The molecular formula is C19H20F2N2O4. The van der Waals surface area contributed by atoms with Gasteiger partial charge in [-0.1, -0.05) is 6.07 Å². The van der Waals surface area contributed by atoms with E-state index < -0.39 is 29.5 Å². The molecule has 0 bridgehead atoms. The lowest BCUT2D eigenvalue weighted by Crippen LogP contribution is -2.39. The molecule has 0 heterocycles. The molecule has 8 heteroatoms. The van der Waals surface area contributed by atoms with Gasteiger partial charge in [-0.2, -0.15) is 0 Å². The summed E-state index contributed by atoms with van der Waals surface area (Å²) < 4.78 is 37.3. The highest BCUT2D eigenvalue weighted by molar-refractivity contribution is 5.98. The number of carbonyl (C=O) groups is 2. The van der Waals surface area contributed by atoms with Crippen molar-refractivity contribution in [2.45, 2.75) is 13.0 Å². The Morgan fingerprint density at radius 2 is 1.81 bits per heavy atom. The molecule has 1 atom stereocenters. The number of benzene rings is 2. The Morgan fingerprint density at radius 3 is 2.41 bits per heavy atom.